The first-order valence-electron chi connectivity index (χ1n) is 8.28. The Kier molecular flexibility index (Phi) is 7.27. The molecule has 0 amide bonds. The molecule has 0 fully saturated rings. The smallest absolute Gasteiger partial charge is 0.0153 e. The molecule has 0 spiro atoms. The summed E-state index contributed by atoms with van der Waals surface area (Å²) in [6.45, 7) is 9.27. The number of aromatic nitrogens is 1. The third kappa shape index (κ3) is 5.04. The minimum absolute atomic E-state index is 0.381. The average molecular weight is 263 g/mol. The molecule has 0 aliphatic heterocycles. The first kappa shape index (κ1) is 16.3. The summed E-state index contributed by atoms with van der Waals surface area (Å²) in [6.07, 6.45) is 14.3. The maximum absolute atomic E-state index is 3.36. The fourth-order valence-electron chi connectivity index (χ4n) is 3.19. The summed E-state index contributed by atoms with van der Waals surface area (Å²) in [5, 5.41) is 0. The van der Waals surface area contributed by atoms with Crippen LogP contribution in [0.1, 0.15) is 89.8 Å². The van der Waals surface area contributed by atoms with Gasteiger partial charge in [-0.2, -0.15) is 0 Å². The Morgan fingerprint density at radius 2 is 1.58 bits per heavy atom. The van der Waals surface area contributed by atoms with Crippen molar-refractivity contribution < 1.29 is 0 Å². The van der Waals surface area contributed by atoms with E-state index in [4.69, 9.17) is 0 Å². The van der Waals surface area contributed by atoms with E-state index >= 15 is 0 Å². The van der Waals surface area contributed by atoms with E-state index < -0.39 is 0 Å². The molecule has 1 unspecified atom stereocenters. The summed E-state index contributed by atoms with van der Waals surface area (Å²) < 4.78 is 0. The SMILES string of the molecule is CCCCCCCC(C)(CCCC)c1cc[nH]c1C. The average Bonchev–Trinajstić information content (AvgIpc) is 2.83. The van der Waals surface area contributed by atoms with Crippen molar-refractivity contribution in [3.63, 3.8) is 0 Å². The molecule has 110 valence electrons. The third-order valence-electron chi connectivity index (χ3n) is 4.52. The van der Waals surface area contributed by atoms with Gasteiger partial charge in [-0.15, -0.1) is 0 Å². The molecule has 1 rings (SSSR count). The zero-order valence-corrected chi connectivity index (χ0v) is 13.5. The third-order valence-corrected chi connectivity index (χ3v) is 4.52. The number of unbranched alkanes of at least 4 members (excludes halogenated alkanes) is 5. The van der Waals surface area contributed by atoms with Crippen LogP contribution in [0.2, 0.25) is 0 Å². The van der Waals surface area contributed by atoms with Gasteiger partial charge in [0, 0.05) is 11.9 Å². The van der Waals surface area contributed by atoms with Gasteiger partial charge in [-0.05, 0) is 36.8 Å². The van der Waals surface area contributed by atoms with Gasteiger partial charge in [0.05, 0.1) is 0 Å². The normalized spacial score (nSPS) is 14.5. The molecule has 1 heterocycles. The van der Waals surface area contributed by atoms with Gasteiger partial charge in [0.2, 0.25) is 0 Å². The number of aromatic amines is 1. The van der Waals surface area contributed by atoms with Crippen LogP contribution >= 0.6 is 0 Å². The predicted octanol–water partition coefficient (Wildman–Crippen LogP) is 6.13. The fraction of sp³-hybridized carbons (Fsp3) is 0.778. The molecular weight excluding hydrogens is 230 g/mol. The maximum Gasteiger partial charge on any atom is 0.0153 e. The highest BCUT2D eigenvalue weighted by molar-refractivity contribution is 5.28. The highest BCUT2D eigenvalue weighted by Gasteiger charge is 2.27. The lowest BCUT2D eigenvalue weighted by molar-refractivity contribution is 0.367. The van der Waals surface area contributed by atoms with E-state index in [9.17, 15) is 0 Å². The zero-order chi connectivity index (χ0) is 14.1. The highest BCUT2D eigenvalue weighted by Crippen LogP contribution is 2.36. The molecule has 0 radical (unpaired) electrons. The molecular formula is C18H33N. The fourth-order valence-corrected chi connectivity index (χ4v) is 3.19. The number of H-pyrrole nitrogens is 1. The minimum Gasteiger partial charge on any atom is -0.365 e. The summed E-state index contributed by atoms with van der Waals surface area (Å²) in [5.41, 5.74) is 3.30. The van der Waals surface area contributed by atoms with Gasteiger partial charge in [-0.3, -0.25) is 0 Å². The van der Waals surface area contributed by atoms with Crippen molar-refractivity contribution in [3.8, 4) is 0 Å². The van der Waals surface area contributed by atoms with Gasteiger partial charge >= 0.3 is 0 Å². The quantitative estimate of drug-likeness (QED) is 0.489. The number of hydrogen-bond acceptors (Lipinski definition) is 0. The molecule has 19 heavy (non-hydrogen) atoms. The van der Waals surface area contributed by atoms with Gasteiger partial charge < -0.3 is 4.98 Å². The molecule has 1 aromatic rings. The molecule has 1 atom stereocenters. The van der Waals surface area contributed by atoms with Crippen LogP contribution in [-0.4, -0.2) is 4.98 Å². The largest absolute Gasteiger partial charge is 0.365 e. The van der Waals surface area contributed by atoms with Crippen LogP contribution in [-0.2, 0) is 5.41 Å². The van der Waals surface area contributed by atoms with E-state index in [2.05, 4.69) is 44.9 Å². The molecule has 1 aromatic heterocycles. The van der Waals surface area contributed by atoms with E-state index in [0.29, 0.717) is 5.41 Å². The predicted molar refractivity (Wildman–Crippen MR) is 85.8 cm³/mol. The van der Waals surface area contributed by atoms with Crippen LogP contribution in [0.3, 0.4) is 0 Å². The van der Waals surface area contributed by atoms with E-state index in [-0.39, 0.29) is 0 Å². The molecule has 0 saturated heterocycles. The maximum atomic E-state index is 3.36. The van der Waals surface area contributed by atoms with E-state index in [1.807, 2.05) is 0 Å². The van der Waals surface area contributed by atoms with E-state index in [1.54, 1.807) is 5.56 Å². The zero-order valence-electron chi connectivity index (χ0n) is 13.5. The first-order valence-corrected chi connectivity index (χ1v) is 8.28. The molecule has 0 aromatic carbocycles. The van der Waals surface area contributed by atoms with Crippen LogP contribution in [0.5, 0.6) is 0 Å². The Balaban J connectivity index is 2.58. The standard InChI is InChI=1S/C18H33N/c1-5-7-9-10-11-14-18(4,13-8-6-2)17-12-15-19-16(17)3/h12,15,19H,5-11,13-14H2,1-4H3. The van der Waals surface area contributed by atoms with Gasteiger partial charge in [0.15, 0.2) is 0 Å². The number of aryl methyl sites for hydroxylation is 1. The Morgan fingerprint density at radius 3 is 2.16 bits per heavy atom. The van der Waals surface area contributed by atoms with Crippen molar-refractivity contribution in [2.24, 2.45) is 0 Å². The molecule has 1 N–H and O–H groups in total. The van der Waals surface area contributed by atoms with E-state index in [1.165, 1.54) is 63.5 Å². The Labute approximate surface area is 120 Å². The number of rotatable bonds is 10. The van der Waals surface area contributed by atoms with Crippen molar-refractivity contribution in [1.82, 2.24) is 4.98 Å². The van der Waals surface area contributed by atoms with Crippen molar-refractivity contribution in [3.05, 3.63) is 23.5 Å². The highest BCUT2D eigenvalue weighted by atomic mass is 14.7. The van der Waals surface area contributed by atoms with Crippen molar-refractivity contribution in [1.29, 1.82) is 0 Å². The molecule has 0 aliphatic carbocycles. The molecule has 1 heteroatoms. The van der Waals surface area contributed by atoms with Crippen molar-refractivity contribution in [2.45, 2.75) is 90.9 Å². The van der Waals surface area contributed by atoms with Gasteiger partial charge in [-0.1, -0.05) is 65.7 Å². The summed E-state index contributed by atoms with van der Waals surface area (Å²) >= 11 is 0. The van der Waals surface area contributed by atoms with Crippen LogP contribution in [0.25, 0.3) is 0 Å². The van der Waals surface area contributed by atoms with Crippen LogP contribution in [0.4, 0.5) is 0 Å². The van der Waals surface area contributed by atoms with Gasteiger partial charge in [0.1, 0.15) is 0 Å². The van der Waals surface area contributed by atoms with Crippen molar-refractivity contribution in [2.75, 3.05) is 0 Å². The summed E-state index contributed by atoms with van der Waals surface area (Å²) in [5.74, 6) is 0. The lowest BCUT2D eigenvalue weighted by Gasteiger charge is -2.30. The lowest BCUT2D eigenvalue weighted by atomic mass is 9.74. The van der Waals surface area contributed by atoms with Crippen molar-refractivity contribution >= 4 is 0 Å². The minimum atomic E-state index is 0.381. The number of hydrogen-bond donors (Lipinski definition) is 1. The monoisotopic (exact) mass is 263 g/mol. The second-order valence-corrected chi connectivity index (χ2v) is 6.34. The Bertz CT molecular complexity index is 339. The number of nitrogens with one attached hydrogen (secondary N) is 1. The topological polar surface area (TPSA) is 15.8 Å². The lowest BCUT2D eigenvalue weighted by Crippen LogP contribution is -2.22. The first-order chi connectivity index (χ1) is 9.14. The van der Waals surface area contributed by atoms with Crippen LogP contribution in [0, 0.1) is 6.92 Å². The Hall–Kier alpha value is -0.720. The summed E-state index contributed by atoms with van der Waals surface area (Å²) in [6, 6.07) is 2.30. The molecule has 1 nitrogen and oxygen atoms in total. The van der Waals surface area contributed by atoms with Gasteiger partial charge in [0.25, 0.3) is 0 Å². The summed E-state index contributed by atoms with van der Waals surface area (Å²) in [4.78, 5) is 3.36. The molecule has 0 saturated carbocycles. The molecule has 0 bridgehead atoms. The second kappa shape index (κ2) is 8.45. The Morgan fingerprint density at radius 1 is 0.947 bits per heavy atom. The van der Waals surface area contributed by atoms with Crippen LogP contribution in [0.15, 0.2) is 12.3 Å². The van der Waals surface area contributed by atoms with Crippen LogP contribution < -0.4 is 0 Å². The molecule has 0 aliphatic rings. The van der Waals surface area contributed by atoms with Gasteiger partial charge in [-0.25, -0.2) is 0 Å². The van der Waals surface area contributed by atoms with E-state index in [0.717, 1.165) is 0 Å². The second-order valence-electron chi connectivity index (χ2n) is 6.34. The summed E-state index contributed by atoms with van der Waals surface area (Å²) in [7, 11) is 0.